The van der Waals surface area contributed by atoms with Crippen LogP contribution >= 0.6 is 11.3 Å². The van der Waals surface area contributed by atoms with Gasteiger partial charge >= 0.3 is 0 Å². The molecule has 2 rings (SSSR count). The topological polar surface area (TPSA) is 20.2 Å². The van der Waals surface area contributed by atoms with Crippen LogP contribution in [0.15, 0.2) is 36.4 Å². The highest BCUT2D eigenvalue weighted by Gasteiger charge is 2.19. The van der Waals surface area contributed by atoms with Gasteiger partial charge in [-0.25, -0.2) is 0 Å². The summed E-state index contributed by atoms with van der Waals surface area (Å²) in [6.45, 7) is 8.86. The first-order valence-corrected chi connectivity index (χ1v) is 8.16. The van der Waals surface area contributed by atoms with Gasteiger partial charge in [-0.2, -0.15) is 0 Å². The third kappa shape index (κ3) is 3.13. The molecule has 0 aliphatic heterocycles. The quantitative estimate of drug-likeness (QED) is 0.813. The molecule has 20 heavy (non-hydrogen) atoms. The highest BCUT2D eigenvalue weighted by atomic mass is 32.1. The monoisotopic (exact) mass is 288 g/mol. The summed E-state index contributed by atoms with van der Waals surface area (Å²) in [6.07, 6.45) is 1.64. The van der Waals surface area contributed by atoms with Crippen LogP contribution in [0.4, 0.5) is 0 Å². The fourth-order valence-corrected chi connectivity index (χ4v) is 3.18. The van der Waals surface area contributed by atoms with Gasteiger partial charge in [-0.1, -0.05) is 52.0 Å². The van der Waals surface area contributed by atoms with Crippen LogP contribution < -0.4 is 0 Å². The molecular weight excluding hydrogens is 264 g/mol. The van der Waals surface area contributed by atoms with Crippen molar-refractivity contribution in [2.24, 2.45) is 0 Å². The molecule has 0 spiro atoms. The largest absolute Gasteiger partial charge is 0.383 e. The molecule has 1 aromatic heterocycles. The number of rotatable bonds is 5. The van der Waals surface area contributed by atoms with Crippen LogP contribution in [0.2, 0.25) is 0 Å². The summed E-state index contributed by atoms with van der Waals surface area (Å²) in [6, 6.07) is 12.6. The van der Waals surface area contributed by atoms with Gasteiger partial charge in [0.25, 0.3) is 0 Å². The molecule has 108 valence electrons. The molecule has 1 aromatic carbocycles. The van der Waals surface area contributed by atoms with E-state index in [2.05, 4.69) is 58.0 Å². The van der Waals surface area contributed by atoms with E-state index in [0.29, 0.717) is 0 Å². The van der Waals surface area contributed by atoms with Crippen molar-refractivity contribution < 1.29 is 5.11 Å². The average Bonchev–Trinajstić information content (AvgIpc) is 2.95. The molecule has 1 atom stereocenters. The Labute approximate surface area is 126 Å². The van der Waals surface area contributed by atoms with Gasteiger partial charge in [0, 0.05) is 9.75 Å². The zero-order chi connectivity index (χ0) is 14.8. The highest BCUT2D eigenvalue weighted by Crippen LogP contribution is 2.31. The first-order valence-electron chi connectivity index (χ1n) is 7.35. The number of hydrogen-bond donors (Lipinski definition) is 1. The van der Waals surface area contributed by atoms with E-state index in [1.54, 1.807) is 11.3 Å². The minimum absolute atomic E-state index is 0.196. The predicted molar refractivity (Wildman–Crippen MR) is 87.5 cm³/mol. The lowest BCUT2D eigenvalue weighted by Crippen LogP contribution is -2.15. The van der Waals surface area contributed by atoms with Crippen LogP contribution in [0.25, 0.3) is 0 Å². The van der Waals surface area contributed by atoms with Gasteiger partial charge in [-0.3, -0.25) is 0 Å². The van der Waals surface area contributed by atoms with E-state index in [4.69, 9.17) is 0 Å². The van der Waals surface area contributed by atoms with Gasteiger partial charge in [0.2, 0.25) is 0 Å². The first kappa shape index (κ1) is 15.3. The number of aryl methyl sites for hydroxylation is 1. The molecule has 1 N–H and O–H groups in total. The Bertz CT molecular complexity index is 551. The van der Waals surface area contributed by atoms with Crippen molar-refractivity contribution in [3.63, 3.8) is 0 Å². The second kappa shape index (κ2) is 6.11. The zero-order valence-electron chi connectivity index (χ0n) is 12.8. The molecule has 2 aromatic rings. The second-order valence-electron chi connectivity index (χ2n) is 5.92. The normalized spacial score (nSPS) is 13.4. The van der Waals surface area contributed by atoms with Crippen molar-refractivity contribution in [1.82, 2.24) is 0 Å². The number of aliphatic hydroxyl groups is 1. The molecule has 1 heterocycles. The Kier molecular flexibility index (Phi) is 4.66. The Morgan fingerprint density at radius 2 is 1.70 bits per heavy atom. The molecule has 0 amide bonds. The van der Waals surface area contributed by atoms with E-state index in [-0.39, 0.29) is 5.41 Å². The molecule has 0 bridgehead atoms. The van der Waals surface area contributed by atoms with Gasteiger partial charge < -0.3 is 5.11 Å². The summed E-state index contributed by atoms with van der Waals surface area (Å²) in [5.74, 6) is 0. The molecule has 0 aliphatic carbocycles. The van der Waals surface area contributed by atoms with Crippen LogP contribution in [-0.4, -0.2) is 5.11 Å². The van der Waals surface area contributed by atoms with Crippen molar-refractivity contribution >= 4 is 11.3 Å². The SMILES string of the molecule is CCc1ccc(C(O)c2ccc(C(C)(C)CC)cc2)s1. The molecule has 0 aliphatic rings. The van der Waals surface area contributed by atoms with E-state index < -0.39 is 6.10 Å². The van der Waals surface area contributed by atoms with E-state index in [0.717, 1.165) is 23.3 Å². The van der Waals surface area contributed by atoms with Gasteiger partial charge in [0.15, 0.2) is 0 Å². The summed E-state index contributed by atoms with van der Waals surface area (Å²) in [5, 5.41) is 10.5. The molecule has 1 unspecified atom stereocenters. The van der Waals surface area contributed by atoms with Crippen LogP contribution in [0, 0.1) is 0 Å². The Balaban J connectivity index is 2.21. The Morgan fingerprint density at radius 1 is 1.05 bits per heavy atom. The number of aliphatic hydroxyl groups excluding tert-OH is 1. The first-order chi connectivity index (χ1) is 9.47. The van der Waals surface area contributed by atoms with Gasteiger partial charge in [-0.15, -0.1) is 11.3 Å². The van der Waals surface area contributed by atoms with Crippen molar-refractivity contribution in [2.45, 2.75) is 52.1 Å². The van der Waals surface area contributed by atoms with E-state index in [9.17, 15) is 5.11 Å². The van der Waals surface area contributed by atoms with Crippen LogP contribution in [0.5, 0.6) is 0 Å². The Morgan fingerprint density at radius 3 is 2.20 bits per heavy atom. The van der Waals surface area contributed by atoms with Crippen LogP contribution in [0.1, 0.15) is 61.1 Å². The lowest BCUT2D eigenvalue weighted by Gasteiger charge is -2.23. The minimum Gasteiger partial charge on any atom is -0.383 e. The fraction of sp³-hybridized carbons (Fsp3) is 0.444. The van der Waals surface area contributed by atoms with E-state index >= 15 is 0 Å². The smallest absolute Gasteiger partial charge is 0.113 e. The lowest BCUT2D eigenvalue weighted by atomic mass is 9.82. The molecule has 2 heteroatoms. The van der Waals surface area contributed by atoms with Gasteiger partial charge in [-0.05, 0) is 41.5 Å². The average molecular weight is 288 g/mol. The zero-order valence-corrected chi connectivity index (χ0v) is 13.6. The van der Waals surface area contributed by atoms with Crippen molar-refractivity contribution in [1.29, 1.82) is 0 Å². The summed E-state index contributed by atoms with van der Waals surface area (Å²) in [7, 11) is 0. The van der Waals surface area contributed by atoms with Crippen LogP contribution in [0.3, 0.4) is 0 Å². The lowest BCUT2D eigenvalue weighted by molar-refractivity contribution is 0.224. The van der Waals surface area contributed by atoms with Crippen molar-refractivity contribution in [3.8, 4) is 0 Å². The fourth-order valence-electron chi connectivity index (χ4n) is 2.22. The molecular formula is C18H24OS. The van der Waals surface area contributed by atoms with E-state index in [1.165, 1.54) is 10.4 Å². The number of benzene rings is 1. The Hall–Kier alpha value is -1.12. The van der Waals surface area contributed by atoms with Crippen molar-refractivity contribution in [3.05, 3.63) is 57.3 Å². The highest BCUT2D eigenvalue weighted by molar-refractivity contribution is 7.12. The molecule has 0 saturated heterocycles. The van der Waals surface area contributed by atoms with Crippen LogP contribution in [-0.2, 0) is 11.8 Å². The molecule has 0 fully saturated rings. The summed E-state index contributed by atoms with van der Waals surface area (Å²) < 4.78 is 0. The summed E-state index contributed by atoms with van der Waals surface area (Å²) in [5.41, 5.74) is 2.50. The summed E-state index contributed by atoms with van der Waals surface area (Å²) in [4.78, 5) is 2.35. The van der Waals surface area contributed by atoms with Gasteiger partial charge in [0.1, 0.15) is 6.10 Å². The maximum absolute atomic E-state index is 10.5. The minimum atomic E-state index is -0.501. The standard InChI is InChI=1S/C18H24OS/c1-5-15-11-12-16(20-15)17(19)13-7-9-14(10-8-13)18(3,4)6-2/h7-12,17,19H,5-6H2,1-4H3. The van der Waals surface area contributed by atoms with Crippen molar-refractivity contribution in [2.75, 3.05) is 0 Å². The predicted octanol–water partition coefficient (Wildman–Crippen LogP) is 5.08. The number of thiophene rings is 1. The third-order valence-corrected chi connectivity index (χ3v) is 5.47. The molecule has 1 nitrogen and oxygen atoms in total. The third-order valence-electron chi connectivity index (χ3n) is 4.19. The summed E-state index contributed by atoms with van der Waals surface area (Å²) >= 11 is 1.70. The molecule has 0 saturated carbocycles. The number of hydrogen-bond acceptors (Lipinski definition) is 2. The maximum atomic E-state index is 10.5. The molecule has 0 radical (unpaired) electrons. The van der Waals surface area contributed by atoms with Gasteiger partial charge in [0.05, 0.1) is 0 Å². The second-order valence-corrected chi connectivity index (χ2v) is 7.12. The maximum Gasteiger partial charge on any atom is 0.113 e. The van der Waals surface area contributed by atoms with E-state index in [1.807, 2.05) is 6.07 Å².